The molecule has 0 bridgehead atoms. The third-order valence-electron chi connectivity index (χ3n) is 4.65. The van der Waals surface area contributed by atoms with Crippen LogP contribution in [0, 0.1) is 5.41 Å². The number of β-lactam (4-membered cyclic amide) rings is 1. The Hall–Kier alpha value is -1.83. The van der Waals surface area contributed by atoms with E-state index in [1.807, 2.05) is 23.1 Å². The lowest BCUT2D eigenvalue weighted by Crippen LogP contribution is -2.61. The fourth-order valence-electron chi connectivity index (χ4n) is 3.28. The highest BCUT2D eigenvalue weighted by atomic mass is 16.2. The van der Waals surface area contributed by atoms with Crippen molar-refractivity contribution in [1.29, 1.82) is 0 Å². The second kappa shape index (κ2) is 3.14. The van der Waals surface area contributed by atoms with Crippen LogP contribution in [0.2, 0.25) is 0 Å². The molecule has 2 heteroatoms. The number of nitrogens with zero attached hydrogens (tertiary/aromatic N) is 1. The molecule has 1 heterocycles. The molecular weight excluding hydrogens is 222 g/mol. The molecule has 1 saturated carbocycles. The van der Waals surface area contributed by atoms with Gasteiger partial charge in [0, 0.05) is 11.4 Å². The molecule has 1 amide bonds. The Bertz CT molecular complexity index is 652. The summed E-state index contributed by atoms with van der Waals surface area (Å²) < 4.78 is 0. The Morgan fingerprint density at radius 3 is 2.56 bits per heavy atom. The first-order valence-electron chi connectivity index (χ1n) is 6.55. The fraction of sp³-hybridized carbons (Fsp3) is 0.312. The third kappa shape index (κ3) is 1.06. The van der Waals surface area contributed by atoms with E-state index in [0.717, 1.165) is 18.5 Å². The van der Waals surface area contributed by atoms with Crippen LogP contribution in [0.1, 0.15) is 19.8 Å². The molecule has 0 N–H and O–H groups in total. The van der Waals surface area contributed by atoms with Crippen molar-refractivity contribution in [1.82, 2.24) is 0 Å². The third-order valence-corrected chi connectivity index (χ3v) is 4.65. The van der Waals surface area contributed by atoms with Crippen LogP contribution in [-0.2, 0) is 4.79 Å². The molecule has 90 valence electrons. The molecule has 2 aromatic carbocycles. The molecule has 1 aliphatic carbocycles. The molecule has 2 aromatic rings. The predicted octanol–water partition coefficient (Wildman–Crippen LogP) is 3.36. The molecule has 1 saturated heterocycles. The summed E-state index contributed by atoms with van der Waals surface area (Å²) in [5.41, 5.74) is 1.08. The van der Waals surface area contributed by atoms with Crippen LogP contribution in [0.3, 0.4) is 0 Å². The van der Waals surface area contributed by atoms with E-state index in [0.29, 0.717) is 11.9 Å². The maximum absolute atomic E-state index is 12.3. The minimum Gasteiger partial charge on any atom is -0.307 e. The summed E-state index contributed by atoms with van der Waals surface area (Å²) in [6, 6.07) is 14.8. The van der Waals surface area contributed by atoms with Gasteiger partial charge >= 0.3 is 0 Å². The highest BCUT2D eigenvalue weighted by Gasteiger charge is 2.66. The first kappa shape index (κ1) is 10.1. The number of fused-ring (bicyclic) bond motifs is 1. The number of carbonyl (C=O) groups is 1. The van der Waals surface area contributed by atoms with Crippen LogP contribution in [0.4, 0.5) is 5.69 Å². The van der Waals surface area contributed by atoms with Crippen LogP contribution in [-0.4, -0.2) is 11.9 Å². The quantitative estimate of drug-likeness (QED) is 0.696. The maximum Gasteiger partial charge on any atom is 0.235 e. The van der Waals surface area contributed by atoms with E-state index in [4.69, 9.17) is 0 Å². The van der Waals surface area contributed by atoms with Crippen LogP contribution in [0.15, 0.2) is 42.5 Å². The van der Waals surface area contributed by atoms with Crippen molar-refractivity contribution in [2.24, 2.45) is 5.41 Å². The van der Waals surface area contributed by atoms with Gasteiger partial charge in [-0.2, -0.15) is 0 Å². The smallest absolute Gasteiger partial charge is 0.235 e. The van der Waals surface area contributed by atoms with Crippen LogP contribution < -0.4 is 4.90 Å². The van der Waals surface area contributed by atoms with E-state index < -0.39 is 0 Å². The van der Waals surface area contributed by atoms with Crippen molar-refractivity contribution >= 4 is 22.4 Å². The number of carbonyl (C=O) groups excluding carboxylic acids is 1. The monoisotopic (exact) mass is 237 g/mol. The van der Waals surface area contributed by atoms with E-state index in [2.05, 4.69) is 31.2 Å². The van der Waals surface area contributed by atoms with Gasteiger partial charge in [-0.25, -0.2) is 0 Å². The van der Waals surface area contributed by atoms with Crippen molar-refractivity contribution < 1.29 is 4.79 Å². The first-order chi connectivity index (χ1) is 8.74. The lowest BCUT2D eigenvalue weighted by molar-refractivity contribution is -0.131. The second-order valence-electron chi connectivity index (χ2n) is 5.51. The summed E-state index contributed by atoms with van der Waals surface area (Å²) in [6.07, 6.45) is 2.16. The standard InChI is InChI=1S/C16H15NO/c1-11-16(9-10-16)15(18)17(11)14-8-4-6-12-5-2-3-7-13(12)14/h2-8,11H,9-10H2,1H3. The Morgan fingerprint density at radius 1 is 1.11 bits per heavy atom. The van der Waals surface area contributed by atoms with Crippen molar-refractivity contribution in [3.63, 3.8) is 0 Å². The molecule has 0 aromatic heterocycles. The van der Waals surface area contributed by atoms with Gasteiger partial charge in [0.1, 0.15) is 0 Å². The Kier molecular flexibility index (Phi) is 1.76. The van der Waals surface area contributed by atoms with Gasteiger partial charge in [0.25, 0.3) is 0 Å². The Morgan fingerprint density at radius 2 is 1.83 bits per heavy atom. The molecule has 4 rings (SSSR count). The van der Waals surface area contributed by atoms with Crippen molar-refractivity contribution in [2.75, 3.05) is 4.90 Å². The predicted molar refractivity (Wildman–Crippen MR) is 72.6 cm³/mol. The number of anilines is 1. The molecule has 1 unspecified atom stereocenters. The van der Waals surface area contributed by atoms with Crippen molar-refractivity contribution in [2.45, 2.75) is 25.8 Å². The zero-order chi connectivity index (χ0) is 12.3. The maximum atomic E-state index is 12.3. The minimum atomic E-state index is 0.0109. The lowest BCUT2D eigenvalue weighted by Gasteiger charge is -2.46. The number of amides is 1. The SMILES string of the molecule is CC1N(c2cccc3ccccc23)C(=O)C12CC2. The topological polar surface area (TPSA) is 20.3 Å². The summed E-state index contributed by atoms with van der Waals surface area (Å²) in [6.45, 7) is 2.18. The molecule has 1 spiro atoms. The fourth-order valence-corrected chi connectivity index (χ4v) is 3.28. The van der Waals surface area contributed by atoms with E-state index in [1.54, 1.807) is 0 Å². The van der Waals surface area contributed by atoms with Gasteiger partial charge in [-0.05, 0) is 31.2 Å². The van der Waals surface area contributed by atoms with Gasteiger partial charge < -0.3 is 4.90 Å². The molecule has 0 radical (unpaired) electrons. The molecule has 1 atom stereocenters. The largest absolute Gasteiger partial charge is 0.307 e. The van der Waals surface area contributed by atoms with Gasteiger partial charge in [0.05, 0.1) is 11.1 Å². The lowest BCUT2D eigenvalue weighted by atomic mass is 9.84. The van der Waals surface area contributed by atoms with Crippen LogP contribution in [0.5, 0.6) is 0 Å². The average molecular weight is 237 g/mol. The van der Waals surface area contributed by atoms with Crippen molar-refractivity contribution in [3.05, 3.63) is 42.5 Å². The number of hydrogen-bond donors (Lipinski definition) is 0. The molecule has 18 heavy (non-hydrogen) atoms. The van der Waals surface area contributed by atoms with Crippen LogP contribution in [0.25, 0.3) is 10.8 Å². The van der Waals surface area contributed by atoms with Gasteiger partial charge in [0.2, 0.25) is 5.91 Å². The van der Waals surface area contributed by atoms with Crippen molar-refractivity contribution in [3.8, 4) is 0 Å². The Balaban J connectivity index is 1.86. The zero-order valence-corrected chi connectivity index (χ0v) is 10.4. The average Bonchev–Trinajstić information content (AvgIpc) is 3.22. The molecule has 2 aliphatic rings. The summed E-state index contributed by atoms with van der Waals surface area (Å²) in [7, 11) is 0. The molecule has 2 fully saturated rings. The highest BCUT2D eigenvalue weighted by molar-refractivity contribution is 6.12. The normalized spacial score (nSPS) is 24.4. The minimum absolute atomic E-state index is 0.0109. The summed E-state index contributed by atoms with van der Waals surface area (Å²) >= 11 is 0. The van der Waals surface area contributed by atoms with Gasteiger partial charge in [-0.15, -0.1) is 0 Å². The van der Waals surface area contributed by atoms with E-state index in [9.17, 15) is 4.79 Å². The molecule has 2 nitrogen and oxygen atoms in total. The summed E-state index contributed by atoms with van der Waals surface area (Å²) in [5, 5.41) is 2.38. The highest BCUT2D eigenvalue weighted by Crippen LogP contribution is 2.60. The number of rotatable bonds is 1. The van der Waals surface area contributed by atoms with Gasteiger partial charge in [-0.1, -0.05) is 36.4 Å². The molecular formula is C16H15NO. The first-order valence-corrected chi connectivity index (χ1v) is 6.55. The number of hydrogen-bond acceptors (Lipinski definition) is 1. The van der Waals surface area contributed by atoms with Crippen LogP contribution >= 0.6 is 0 Å². The zero-order valence-electron chi connectivity index (χ0n) is 10.4. The van der Waals surface area contributed by atoms with Gasteiger partial charge in [-0.3, -0.25) is 4.79 Å². The van der Waals surface area contributed by atoms with E-state index >= 15 is 0 Å². The summed E-state index contributed by atoms with van der Waals surface area (Å²) in [5.74, 6) is 0.325. The van der Waals surface area contributed by atoms with E-state index in [-0.39, 0.29) is 5.41 Å². The Labute approximate surface area is 106 Å². The van der Waals surface area contributed by atoms with Gasteiger partial charge in [0.15, 0.2) is 0 Å². The summed E-state index contributed by atoms with van der Waals surface area (Å²) in [4.78, 5) is 14.3. The second-order valence-corrected chi connectivity index (χ2v) is 5.51. The number of benzene rings is 2. The van der Waals surface area contributed by atoms with E-state index in [1.165, 1.54) is 10.8 Å². The molecule has 1 aliphatic heterocycles.